The quantitative estimate of drug-likeness (QED) is 0.782. The topological polar surface area (TPSA) is 45.2 Å². The number of nitrogens with one attached hydrogen (secondary N) is 1. The molecule has 80 valence electrons. The highest BCUT2D eigenvalue weighted by Crippen LogP contribution is 2.09. The van der Waals surface area contributed by atoms with Crippen LogP contribution in [-0.4, -0.2) is 22.2 Å². The van der Waals surface area contributed by atoms with Crippen molar-refractivity contribution in [3.63, 3.8) is 0 Å². The summed E-state index contributed by atoms with van der Waals surface area (Å²) in [5.41, 5.74) is 0.417. The number of nitrogens with zero attached hydrogens (tertiary/aromatic N) is 1. The van der Waals surface area contributed by atoms with Crippen LogP contribution in [0.5, 0.6) is 0 Å². The highest BCUT2D eigenvalue weighted by Gasteiger charge is 2.11. The summed E-state index contributed by atoms with van der Waals surface area (Å²) in [4.78, 5) is 4.42. The predicted octanol–water partition coefficient (Wildman–Crippen LogP) is 1.57. The highest BCUT2D eigenvalue weighted by atomic mass is 32.1. The summed E-state index contributed by atoms with van der Waals surface area (Å²) in [6, 6.07) is 0. The van der Waals surface area contributed by atoms with Crippen molar-refractivity contribution >= 4 is 11.3 Å². The van der Waals surface area contributed by atoms with E-state index in [9.17, 15) is 5.11 Å². The van der Waals surface area contributed by atoms with E-state index in [1.165, 1.54) is 5.01 Å². The number of aliphatic hydroxyl groups is 1. The minimum absolute atomic E-state index is 0.589. The predicted molar refractivity (Wildman–Crippen MR) is 59.5 cm³/mol. The Bertz CT molecular complexity index is 278. The van der Waals surface area contributed by atoms with E-state index in [0.717, 1.165) is 18.7 Å². The Kier molecular flexibility index (Phi) is 4.04. The highest BCUT2D eigenvalue weighted by molar-refractivity contribution is 7.09. The van der Waals surface area contributed by atoms with Crippen LogP contribution in [0.3, 0.4) is 0 Å². The van der Waals surface area contributed by atoms with Crippen molar-refractivity contribution in [2.45, 2.75) is 39.3 Å². The van der Waals surface area contributed by atoms with Gasteiger partial charge in [-0.1, -0.05) is 6.92 Å². The molecule has 14 heavy (non-hydrogen) atoms. The third-order valence-electron chi connectivity index (χ3n) is 1.77. The van der Waals surface area contributed by atoms with Crippen molar-refractivity contribution < 1.29 is 5.11 Å². The lowest BCUT2D eigenvalue weighted by Gasteiger charge is -2.16. The van der Waals surface area contributed by atoms with Crippen LogP contribution in [-0.2, 0) is 13.0 Å². The molecule has 3 nitrogen and oxygen atoms in total. The van der Waals surface area contributed by atoms with Crippen LogP contribution >= 0.6 is 11.3 Å². The number of aryl methyl sites for hydroxylation is 1. The van der Waals surface area contributed by atoms with Crippen molar-refractivity contribution in [3.8, 4) is 0 Å². The van der Waals surface area contributed by atoms with E-state index >= 15 is 0 Å². The van der Waals surface area contributed by atoms with E-state index in [0.29, 0.717) is 6.54 Å². The summed E-state index contributed by atoms with van der Waals surface area (Å²) in [6.45, 7) is 7.01. The second-order valence-corrected chi connectivity index (χ2v) is 4.94. The average Bonchev–Trinajstić information content (AvgIpc) is 2.50. The van der Waals surface area contributed by atoms with Gasteiger partial charge in [0.15, 0.2) is 0 Å². The van der Waals surface area contributed by atoms with Crippen molar-refractivity contribution in [2.24, 2.45) is 0 Å². The Morgan fingerprint density at radius 3 is 2.79 bits per heavy atom. The first kappa shape index (κ1) is 11.6. The van der Waals surface area contributed by atoms with Crippen molar-refractivity contribution in [1.29, 1.82) is 0 Å². The molecule has 0 aliphatic heterocycles. The largest absolute Gasteiger partial charge is 0.389 e. The molecule has 1 heterocycles. The SMILES string of the molecule is CCc1nc(CNCC(C)(C)O)cs1. The number of hydrogen-bond acceptors (Lipinski definition) is 4. The molecule has 0 saturated carbocycles. The molecule has 0 bridgehead atoms. The summed E-state index contributed by atoms with van der Waals surface area (Å²) in [7, 11) is 0. The maximum Gasteiger partial charge on any atom is 0.0926 e. The Morgan fingerprint density at radius 1 is 1.57 bits per heavy atom. The van der Waals surface area contributed by atoms with Crippen LogP contribution in [0.2, 0.25) is 0 Å². The molecule has 0 aromatic carbocycles. The fraction of sp³-hybridized carbons (Fsp3) is 0.700. The molecule has 0 aliphatic carbocycles. The van der Waals surface area contributed by atoms with Gasteiger partial charge in [-0.3, -0.25) is 0 Å². The average molecular weight is 214 g/mol. The van der Waals surface area contributed by atoms with E-state index in [-0.39, 0.29) is 0 Å². The zero-order valence-electron chi connectivity index (χ0n) is 9.00. The molecule has 2 N–H and O–H groups in total. The summed E-state index contributed by atoms with van der Waals surface area (Å²) >= 11 is 1.69. The van der Waals surface area contributed by atoms with Gasteiger partial charge in [0.25, 0.3) is 0 Å². The molecule has 0 atom stereocenters. The maximum atomic E-state index is 9.47. The van der Waals surface area contributed by atoms with Crippen molar-refractivity contribution in [2.75, 3.05) is 6.54 Å². The van der Waals surface area contributed by atoms with Crippen LogP contribution in [0, 0.1) is 0 Å². The Morgan fingerprint density at radius 2 is 2.29 bits per heavy atom. The van der Waals surface area contributed by atoms with Crippen LogP contribution < -0.4 is 5.32 Å². The van der Waals surface area contributed by atoms with Gasteiger partial charge in [0, 0.05) is 18.5 Å². The normalized spacial score (nSPS) is 12.0. The second kappa shape index (κ2) is 4.87. The molecule has 0 unspecified atom stereocenters. The van der Waals surface area contributed by atoms with Crippen LogP contribution in [0.15, 0.2) is 5.38 Å². The Labute approximate surface area is 89.2 Å². The van der Waals surface area contributed by atoms with Crippen LogP contribution in [0.25, 0.3) is 0 Å². The molecular weight excluding hydrogens is 196 g/mol. The number of rotatable bonds is 5. The molecule has 0 spiro atoms. The first-order chi connectivity index (χ1) is 6.51. The van der Waals surface area contributed by atoms with Crippen molar-refractivity contribution in [3.05, 3.63) is 16.1 Å². The molecule has 0 saturated heterocycles. The van der Waals surface area contributed by atoms with Gasteiger partial charge in [0.05, 0.1) is 16.3 Å². The monoisotopic (exact) mass is 214 g/mol. The van der Waals surface area contributed by atoms with E-state index in [2.05, 4.69) is 22.6 Å². The standard InChI is InChI=1S/C10H18N2OS/c1-4-9-12-8(6-14-9)5-11-7-10(2,3)13/h6,11,13H,4-5,7H2,1-3H3. The minimum atomic E-state index is -0.649. The lowest BCUT2D eigenvalue weighted by molar-refractivity contribution is 0.0794. The zero-order valence-corrected chi connectivity index (χ0v) is 9.82. The van der Waals surface area contributed by atoms with Gasteiger partial charge in [0.2, 0.25) is 0 Å². The van der Waals surface area contributed by atoms with Crippen LogP contribution in [0.1, 0.15) is 31.5 Å². The lowest BCUT2D eigenvalue weighted by atomic mass is 10.1. The van der Waals surface area contributed by atoms with Gasteiger partial charge < -0.3 is 10.4 Å². The number of aromatic nitrogens is 1. The van der Waals surface area contributed by atoms with E-state index in [4.69, 9.17) is 0 Å². The van der Waals surface area contributed by atoms with Crippen LogP contribution in [0.4, 0.5) is 0 Å². The molecule has 0 amide bonds. The summed E-state index contributed by atoms with van der Waals surface area (Å²) < 4.78 is 0. The van der Waals surface area contributed by atoms with E-state index < -0.39 is 5.60 Å². The van der Waals surface area contributed by atoms with Gasteiger partial charge in [-0.05, 0) is 20.3 Å². The minimum Gasteiger partial charge on any atom is -0.389 e. The fourth-order valence-electron chi connectivity index (χ4n) is 1.09. The third-order valence-corrected chi connectivity index (χ3v) is 2.81. The summed E-state index contributed by atoms with van der Waals surface area (Å²) in [5, 5.41) is 15.9. The van der Waals surface area contributed by atoms with Gasteiger partial charge >= 0.3 is 0 Å². The molecule has 0 aliphatic rings. The van der Waals surface area contributed by atoms with Gasteiger partial charge in [-0.2, -0.15) is 0 Å². The van der Waals surface area contributed by atoms with E-state index in [1.807, 2.05) is 0 Å². The second-order valence-electron chi connectivity index (χ2n) is 4.00. The van der Waals surface area contributed by atoms with Gasteiger partial charge in [0.1, 0.15) is 0 Å². The maximum absolute atomic E-state index is 9.47. The molecule has 0 fully saturated rings. The Hall–Kier alpha value is -0.450. The van der Waals surface area contributed by atoms with Gasteiger partial charge in [-0.25, -0.2) is 4.98 Å². The molecule has 4 heteroatoms. The molecule has 1 rings (SSSR count). The smallest absolute Gasteiger partial charge is 0.0926 e. The lowest BCUT2D eigenvalue weighted by Crippen LogP contribution is -2.34. The third kappa shape index (κ3) is 4.17. The zero-order chi connectivity index (χ0) is 10.6. The summed E-state index contributed by atoms with van der Waals surface area (Å²) in [5.74, 6) is 0. The van der Waals surface area contributed by atoms with E-state index in [1.54, 1.807) is 25.2 Å². The molecule has 0 radical (unpaired) electrons. The summed E-state index contributed by atoms with van der Waals surface area (Å²) in [6.07, 6.45) is 0.996. The molecule has 1 aromatic rings. The van der Waals surface area contributed by atoms with Crippen molar-refractivity contribution in [1.82, 2.24) is 10.3 Å². The fourth-order valence-corrected chi connectivity index (χ4v) is 1.83. The van der Waals surface area contributed by atoms with Gasteiger partial charge in [-0.15, -0.1) is 11.3 Å². The first-order valence-corrected chi connectivity index (χ1v) is 5.75. The first-order valence-electron chi connectivity index (χ1n) is 4.87. The molecule has 1 aromatic heterocycles. The number of thiazole rings is 1. The molecular formula is C10H18N2OS. The Balaban J connectivity index is 2.31. The number of hydrogen-bond donors (Lipinski definition) is 2.